The van der Waals surface area contributed by atoms with Gasteiger partial charge in [-0.15, -0.1) is 0 Å². The van der Waals surface area contributed by atoms with Crippen LogP contribution in [0.15, 0.2) is 23.1 Å². The van der Waals surface area contributed by atoms with Gasteiger partial charge >= 0.3 is 0 Å². The van der Waals surface area contributed by atoms with E-state index in [-0.39, 0.29) is 23.7 Å². The Morgan fingerprint density at radius 3 is 2.79 bits per heavy atom. The van der Waals surface area contributed by atoms with Gasteiger partial charge in [0.25, 0.3) is 0 Å². The van der Waals surface area contributed by atoms with Crippen molar-refractivity contribution in [2.24, 2.45) is 0 Å². The topological polar surface area (TPSA) is 92.4 Å². The van der Waals surface area contributed by atoms with Gasteiger partial charge in [0, 0.05) is 18.9 Å². The molecule has 0 aliphatic heterocycles. The Labute approximate surface area is 116 Å². The molecule has 0 heterocycles. The minimum atomic E-state index is -3.78. The molecular weight excluding hydrogens is 291 g/mol. The minimum Gasteiger partial charge on any atom is -0.398 e. The maximum atomic E-state index is 13.0. The van der Waals surface area contributed by atoms with Gasteiger partial charge in [-0.3, -0.25) is 0 Å². The summed E-state index contributed by atoms with van der Waals surface area (Å²) in [5.74, 6) is 0.696. The number of nitrogen functional groups attached to an aromatic ring is 1. The van der Waals surface area contributed by atoms with E-state index in [0.717, 1.165) is 17.9 Å². The number of nitrogens with one attached hydrogen (secondary N) is 1. The number of hydrogen-bond donors (Lipinski definition) is 3. The monoisotopic (exact) mass is 308 g/mol. The number of thioether (sulfide) groups is 1. The first-order valence-corrected chi connectivity index (χ1v) is 8.34. The summed E-state index contributed by atoms with van der Waals surface area (Å²) in [6, 6.07) is 3.23. The van der Waals surface area contributed by atoms with E-state index in [0.29, 0.717) is 12.2 Å². The molecular formula is C11H17FN2O3S2. The fourth-order valence-corrected chi connectivity index (χ4v) is 3.42. The molecule has 1 rings (SSSR count). The number of aliphatic hydroxyl groups is 1. The predicted molar refractivity (Wildman–Crippen MR) is 75.0 cm³/mol. The number of benzene rings is 1. The third kappa shape index (κ3) is 5.35. The van der Waals surface area contributed by atoms with Crippen LogP contribution < -0.4 is 10.5 Å². The first-order valence-electron chi connectivity index (χ1n) is 5.70. The molecule has 4 N–H and O–H groups in total. The van der Waals surface area contributed by atoms with Crippen molar-refractivity contribution in [3.05, 3.63) is 24.0 Å². The van der Waals surface area contributed by atoms with Crippen molar-refractivity contribution < 1.29 is 17.9 Å². The molecule has 0 amide bonds. The van der Waals surface area contributed by atoms with Gasteiger partial charge in [0.15, 0.2) is 0 Å². The smallest absolute Gasteiger partial charge is 0.242 e. The van der Waals surface area contributed by atoms with E-state index in [4.69, 9.17) is 10.8 Å². The zero-order valence-electron chi connectivity index (χ0n) is 10.3. The lowest BCUT2D eigenvalue weighted by Crippen LogP contribution is -2.27. The summed E-state index contributed by atoms with van der Waals surface area (Å²) in [5.41, 5.74) is 5.54. The molecule has 5 nitrogen and oxygen atoms in total. The van der Waals surface area contributed by atoms with Crippen LogP contribution in [0.1, 0.15) is 6.42 Å². The van der Waals surface area contributed by atoms with Crippen molar-refractivity contribution in [2.75, 3.05) is 30.4 Å². The molecule has 0 saturated carbocycles. The number of sulfonamides is 1. The van der Waals surface area contributed by atoms with Gasteiger partial charge in [-0.25, -0.2) is 17.5 Å². The van der Waals surface area contributed by atoms with Crippen molar-refractivity contribution in [1.82, 2.24) is 4.72 Å². The lowest BCUT2D eigenvalue weighted by atomic mass is 10.3. The second-order valence-electron chi connectivity index (χ2n) is 3.77. The van der Waals surface area contributed by atoms with E-state index in [2.05, 4.69) is 4.72 Å². The van der Waals surface area contributed by atoms with Crippen LogP contribution in [0.5, 0.6) is 0 Å². The van der Waals surface area contributed by atoms with Crippen LogP contribution in [0.4, 0.5) is 10.1 Å². The Morgan fingerprint density at radius 2 is 2.11 bits per heavy atom. The van der Waals surface area contributed by atoms with Crippen molar-refractivity contribution in [3.63, 3.8) is 0 Å². The van der Waals surface area contributed by atoms with Gasteiger partial charge in [-0.1, -0.05) is 0 Å². The van der Waals surface area contributed by atoms with Crippen LogP contribution in [0.25, 0.3) is 0 Å². The Bertz CT molecular complexity index is 509. The zero-order valence-corrected chi connectivity index (χ0v) is 11.9. The lowest BCUT2D eigenvalue weighted by molar-refractivity contribution is 0.296. The molecule has 8 heteroatoms. The summed E-state index contributed by atoms with van der Waals surface area (Å²) in [6.07, 6.45) is 0.675. The van der Waals surface area contributed by atoms with Gasteiger partial charge in [0.05, 0.1) is 5.69 Å². The molecule has 0 fully saturated rings. The van der Waals surface area contributed by atoms with Crippen molar-refractivity contribution in [3.8, 4) is 0 Å². The summed E-state index contributed by atoms with van der Waals surface area (Å²) in [6.45, 7) is 0.354. The van der Waals surface area contributed by atoms with Crippen LogP contribution in [0, 0.1) is 5.82 Å². The van der Waals surface area contributed by atoms with E-state index >= 15 is 0 Å². The van der Waals surface area contributed by atoms with E-state index in [1.807, 2.05) is 0 Å². The SMILES string of the molecule is Nc1ccc(F)cc1S(=O)(=O)NCCSCCCO. The largest absolute Gasteiger partial charge is 0.398 e. The minimum absolute atomic E-state index is 0.0156. The second kappa shape index (κ2) is 7.68. The number of rotatable bonds is 8. The van der Waals surface area contributed by atoms with Crippen molar-refractivity contribution >= 4 is 27.5 Å². The molecule has 0 radical (unpaired) electrons. The Hall–Kier alpha value is -0.830. The number of hydrogen-bond acceptors (Lipinski definition) is 5. The molecule has 0 unspecified atom stereocenters. The predicted octanol–water partition coefficient (Wildman–Crippen LogP) is 0.802. The van der Waals surface area contributed by atoms with Crippen LogP contribution in [0.2, 0.25) is 0 Å². The molecule has 0 atom stereocenters. The standard InChI is InChI=1S/C11H17FN2O3S2/c12-9-2-3-10(13)11(8-9)19(16,17)14-4-7-18-6-1-5-15/h2-3,8,14-15H,1,4-7,13H2. The molecule has 0 aliphatic carbocycles. The van der Waals surface area contributed by atoms with Crippen molar-refractivity contribution in [2.45, 2.75) is 11.3 Å². The van der Waals surface area contributed by atoms with E-state index in [9.17, 15) is 12.8 Å². The highest BCUT2D eigenvalue weighted by Crippen LogP contribution is 2.18. The molecule has 0 aliphatic rings. The van der Waals surface area contributed by atoms with Gasteiger partial charge in [-0.05, 0) is 30.4 Å². The molecule has 0 bridgehead atoms. The fraction of sp³-hybridized carbons (Fsp3) is 0.455. The van der Waals surface area contributed by atoms with Crippen LogP contribution in [-0.4, -0.2) is 38.2 Å². The molecule has 1 aromatic carbocycles. The fourth-order valence-electron chi connectivity index (χ4n) is 1.34. The summed E-state index contributed by atoms with van der Waals surface area (Å²) in [4.78, 5) is -0.243. The highest BCUT2D eigenvalue weighted by Gasteiger charge is 2.17. The molecule has 0 aromatic heterocycles. The van der Waals surface area contributed by atoms with E-state index < -0.39 is 15.8 Å². The lowest BCUT2D eigenvalue weighted by Gasteiger charge is -2.09. The van der Waals surface area contributed by atoms with Crippen LogP contribution in [0.3, 0.4) is 0 Å². The van der Waals surface area contributed by atoms with Gasteiger partial charge < -0.3 is 10.8 Å². The van der Waals surface area contributed by atoms with Crippen LogP contribution >= 0.6 is 11.8 Å². The quantitative estimate of drug-likeness (QED) is 0.488. The van der Waals surface area contributed by atoms with E-state index in [1.165, 1.54) is 17.8 Å². The number of aliphatic hydroxyl groups excluding tert-OH is 1. The normalized spacial score (nSPS) is 11.7. The molecule has 1 aromatic rings. The Balaban J connectivity index is 2.54. The first-order chi connectivity index (χ1) is 8.97. The molecule has 19 heavy (non-hydrogen) atoms. The maximum absolute atomic E-state index is 13.0. The first kappa shape index (κ1) is 16.2. The Morgan fingerprint density at radius 1 is 1.37 bits per heavy atom. The van der Waals surface area contributed by atoms with Gasteiger partial charge in [-0.2, -0.15) is 11.8 Å². The van der Waals surface area contributed by atoms with Gasteiger partial charge in [0.2, 0.25) is 10.0 Å². The summed E-state index contributed by atoms with van der Waals surface area (Å²) >= 11 is 1.53. The number of nitrogens with two attached hydrogens (primary N) is 1. The second-order valence-corrected chi connectivity index (χ2v) is 6.73. The highest BCUT2D eigenvalue weighted by atomic mass is 32.2. The average Bonchev–Trinajstić information content (AvgIpc) is 2.36. The van der Waals surface area contributed by atoms with Crippen LogP contribution in [-0.2, 0) is 10.0 Å². The zero-order chi connectivity index (χ0) is 14.3. The Kier molecular flexibility index (Phi) is 6.56. The third-order valence-corrected chi connectivity index (χ3v) is 4.84. The average molecular weight is 308 g/mol. The van der Waals surface area contributed by atoms with E-state index in [1.54, 1.807) is 0 Å². The van der Waals surface area contributed by atoms with Crippen molar-refractivity contribution in [1.29, 1.82) is 0 Å². The maximum Gasteiger partial charge on any atom is 0.242 e. The highest BCUT2D eigenvalue weighted by molar-refractivity contribution is 7.99. The van der Waals surface area contributed by atoms with Gasteiger partial charge in [0.1, 0.15) is 10.7 Å². The molecule has 0 spiro atoms. The molecule has 108 valence electrons. The summed E-state index contributed by atoms with van der Waals surface area (Å²) in [7, 11) is -3.78. The summed E-state index contributed by atoms with van der Waals surface area (Å²) < 4.78 is 39.2. The number of anilines is 1. The number of halogens is 1. The third-order valence-electron chi connectivity index (χ3n) is 2.25. The molecule has 0 saturated heterocycles. The summed E-state index contributed by atoms with van der Waals surface area (Å²) in [5, 5.41) is 8.58.